The van der Waals surface area contributed by atoms with Gasteiger partial charge in [0, 0.05) is 21.9 Å². The standard InChI is InChI=1S/C22H22N2O2/c1-2-3-6-15-10-11-17-20(13-15)24(14-16-7-5-12-26-16)19-9-4-8-18(21(17)19)22(23)25/h4-5,7-13H,2-3,6,14H2,1H3,(H2,23,25). The number of hydrogen-bond donors (Lipinski definition) is 1. The molecule has 4 rings (SSSR count). The molecule has 0 spiro atoms. The van der Waals surface area contributed by atoms with Crippen molar-refractivity contribution in [2.75, 3.05) is 0 Å². The minimum atomic E-state index is -0.400. The van der Waals surface area contributed by atoms with Crippen LogP contribution >= 0.6 is 0 Å². The van der Waals surface area contributed by atoms with Crippen molar-refractivity contribution in [2.24, 2.45) is 5.73 Å². The molecular weight excluding hydrogens is 324 g/mol. The van der Waals surface area contributed by atoms with Crippen molar-refractivity contribution in [2.45, 2.75) is 32.7 Å². The zero-order valence-electron chi connectivity index (χ0n) is 14.9. The second-order valence-electron chi connectivity index (χ2n) is 6.68. The molecule has 26 heavy (non-hydrogen) atoms. The zero-order chi connectivity index (χ0) is 18.1. The van der Waals surface area contributed by atoms with Crippen LogP contribution < -0.4 is 5.73 Å². The second-order valence-corrected chi connectivity index (χ2v) is 6.68. The molecule has 1 amide bonds. The van der Waals surface area contributed by atoms with Crippen molar-refractivity contribution >= 4 is 27.7 Å². The number of fused-ring (bicyclic) bond motifs is 3. The van der Waals surface area contributed by atoms with Crippen LogP contribution in [0.5, 0.6) is 0 Å². The van der Waals surface area contributed by atoms with E-state index < -0.39 is 5.91 Å². The number of hydrogen-bond acceptors (Lipinski definition) is 2. The molecule has 0 aliphatic heterocycles. The summed E-state index contributed by atoms with van der Waals surface area (Å²) in [6.45, 7) is 2.82. The lowest BCUT2D eigenvalue weighted by molar-refractivity contribution is 0.100. The Bertz CT molecular complexity index is 1070. The number of aryl methyl sites for hydroxylation is 1. The lowest BCUT2D eigenvalue weighted by atomic mass is 10.0. The topological polar surface area (TPSA) is 61.2 Å². The monoisotopic (exact) mass is 346 g/mol. The van der Waals surface area contributed by atoms with E-state index in [1.165, 1.54) is 12.0 Å². The highest BCUT2D eigenvalue weighted by molar-refractivity contribution is 6.17. The van der Waals surface area contributed by atoms with E-state index in [0.29, 0.717) is 12.1 Å². The normalized spacial score (nSPS) is 11.4. The fourth-order valence-corrected chi connectivity index (χ4v) is 3.66. The van der Waals surface area contributed by atoms with Gasteiger partial charge in [0.25, 0.3) is 0 Å². The average molecular weight is 346 g/mol. The number of carbonyl (C=O) groups is 1. The molecule has 0 fully saturated rings. The quantitative estimate of drug-likeness (QED) is 0.541. The molecule has 0 saturated heterocycles. The van der Waals surface area contributed by atoms with E-state index in [2.05, 4.69) is 29.7 Å². The first kappa shape index (κ1) is 16.5. The van der Waals surface area contributed by atoms with E-state index in [1.54, 1.807) is 12.3 Å². The molecule has 4 heteroatoms. The van der Waals surface area contributed by atoms with Gasteiger partial charge in [0.05, 0.1) is 18.3 Å². The molecule has 2 N–H and O–H groups in total. The van der Waals surface area contributed by atoms with E-state index in [0.717, 1.165) is 40.4 Å². The van der Waals surface area contributed by atoms with Crippen LogP contribution in [-0.2, 0) is 13.0 Å². The number of nitrogens with zero attached hydrogens (tertiary/aromatic N) is 1. The molecular formula is C22H22N2O2. The Balaban J connectivity index is 1.99. The fraction of sp³-hybridized carbons (Fsp3) is 0.227. The predicted molar refractivity (Wildman–Crippen MR) is 104 cm³/mol. The molecule has 0 unspecified atom stereocenters. The molecule has 132 valence electrons. The summed E-state index contributed by atoms with van der Waals surface area (Å²) in [6, 6.07) is 16.1. The van der Waals surface area contributed by atoms with E-state index >= 15 is 0 Å². The van der Waals surface area contributed by atoms with Gasteiger partial charge in [0.1, 0.15) is 5.76 Å². The van der Waals surface area contributed by atoms with Gasteiger partial charge < -0.3 is 14.7 Å². The Morgan fingerprint density at radius 1 is 1.12 bits per heavy atom. The van der Waals surface area contributed by atoms with Crippen LogP contribution in [0.1, 0.15) is 41.4 Å². The molecule has 0 bridgehead atoms. The second kappa shape index (κ2) is 6.71. The molecule has 0 saturated carbocycles. The zero-order valence-corrected chi connectivity index (χ0v) is 14.9. The number of nitrogens with two attached hydrogens (primary N) is 1. The third-order valence-electron chi connectivity index (χ3n) is 4.93. The van der Waals surface area contributed by atoms with Crippen LogP contribution in [0.2, 0.25) is 0 Å². The van der Waals surface area contributed by atoms with Crippen molar-refractivity contribution in [3.05, 3.63) is 71.7 Å². The Hall–Kier alpha value is -3.01. The summed E-state index contributed by atoms with van der Waals surface area (Å²) < 4.78 is 7.78. The minimum Gasteiger partial charge on any atom is -0.467 e. The van der Waals surface area contributed by atoms with Crippen LogP contribution in [0.25, 0.3) is 21.8 Å². The van der Waals surface area contributed by atoms with Gasteiger partial charge in [0.15, 0.2) is 0 Å². The molecule has 2 aromatic heterocycles. The van der Waals surface area contributed by atoms with Crippen molar-refractivity contribution in [3.8, 4) is 0 Å². The largest absolute Gasteiger partial charge is 0.467 e. The molecule has 0 atom stereocenters. The number of unbranched alkanes of at least 4 members (excludes halogenated alkanes) is 1. The first-order valence-corrected chi connectivity index (χ1v) is 9.05. The van der Waals surface area contributed by atoms with Gasteiger partial charge >= 0.3 is 0 Å². The number of furan rings is 1. The van der Waals surface area contributed by atoms with Crippen molar-refractivity contribution in [3.63, 3.8) is 0 Å². The van der Waals surface area contributed by atoms with Crippen LogP contribution in [-0.4, -0.2) is 10.5 Å². The number of amides is 1. The smallest absolute Gasteiger partial charge is 0.249 e. The van der Waals surface area contributed by atoms with E-state index in [9.17, 15) is 4.79 Å². The van der Waals surface area contributed by atoms with Gasteiger partial charge in [-0.15, -0.1) is 0 Å². The molecule has 0 aliphatic rings. The summed E-state index contributed by atoms with van der Waals surface area (Å²) >= 11 is 0. The van der Waals surface area contributed by atoms with Crippen LogP contribution in [0.4, 0.5) is 0 Å². The van der Waals surface area contributed by atoms with Gasteiger partial charge in [-0.2, -0.15) is 0 Å². The summed E-state index contributed by atoms with van der Waals surface area (Å²) in [5, 5.41) is 1.98. The number of benzene rings is 2. The molecule has 2 heterocycles. The van der Waals surface area contributed by atoms with Crippen LogP contribution in [0, 0.1) is 0 Å². The Labute approximate surface area is 152 Å². The van der Waals surface area contributed by atoms with Gasteiger partial charge in [0.2, 0.25) is 5.91 Å². The Morgan fingerprint density at radius 2 is 2.00 bits per heavy atom. The maximum atomic E-state index is 12.0. The number of carbonyl (C=O) groups excluding carboxylic acids is 1. The highest BCUT2D eigenvalue weighted by atomic mass is 16.3. The van der Waals surface area contributed by atoms with E-state index in [-0.39, 0.29) is 0 Å². The summed E-state index contributed by atoms with van der Waals surface area (Å²) in [5.74, 6) is 0.481. The number of rotatable bonds is 6. The fourth-order valence-electron chi connectivity index (χ4n) is 3.66. The van der Waals surface area contributed by atoms with Crippen LogP contribution in [0.3, 0.4) is 0 Å². The van der Waals surface area contributed by atoms with Gasteiger partial charge in [-0.05, 0) is 48.7 Å². The number of aromatic nitrogens is 1. The molecule has 0 aliphatic carbocycles. The lowest BCUT2D eigenvalue weighted by Gasteiger charge is -2.07. The van der Waals surface area contributed by atoms with Crippen molar-refractivity contribution in [1.29, 1.82) is 0 Å². The summed E-state index contributed by atoms with van der Waals surface area (Å²) in [6.07, 6.45) is 5.07. The Morgan fingerprint density at radius 3 is 2.73 bits per heavy atom. The maximum Gasteiger partial charge on any atom is 0.249 e. The first-order valence-electron chi connectivity index (χ1n) is 9.05. The highest BCUT2D eigenvalue weighted by Gasteiger charge is 2.17. The van der Waals surface area contributed by atoms with Crippen molar-refractivity contribution in [1.82, 2.24) is 4.57 Å². The van der Waals surface area contributed by atoms with Gasteiger partial charge in [-0.3, -0.25) is 4.79 Å². The molecule has 4 nitrogen and oxygen atoms in total. The number of primary amides is 1. The predicted octanol–water partition coefficient (Wildman–Crippen LogP) is 4.88. The third kappa shape index (κ3) is 2.77. The van der Waals surface area contributed by atoms with E-state index in [1.807, 2.05) is 24.3 Å². The van der Waals surface area contributed by atoms with E-state index in [4.69, 9.17) is 10.2 Å². The van der Waals surface area contributed by atoms with Gasteiger partial charge in [-0.25, -0.2) is 0 Å². The summed E-state index contributed by atoms with van der Waals surface area (Å²) in [5.41, 5.74) is 9.63. The third-order valence-corrected chi connectivity index (χ3v) is 4.93. The van der Waals surface area contributed by atoms with Crippen molar-refractivity contribution < 1.29 is 9.21 Å². The molecule has 4 aromatic rings. The Kier molecular flexibility index (Phi) is 4.25. The van der Waals surface area contributed by atoms with Gasteiger partial charge in [-0.1, -0.05) is 31.5 Å². The maximum absolute atomic E-state index is 12.0. The lowest BCUT2D eigenvalue weighted by Crippen LogP contribution is -2.11. The average Bonchev–Trinajstić information content (AvgIpc) is 3.27. The molecule has 2 aromatic carbocycles. The van der Waals surface area contributed by atoms with Crippen LogP contribution in [0.15, 0.2) is 59.2 Å². The molecule has 0 radical (unpaired) electrons. The minimum absolute atomic E-state index is 0.400. The summed E-state index contributed by atoms with van der Waals surface area (Å²) in [4.78, 5) is 12.0. The SMILES string of the molecule is CCCCc1ccc2c3c(C(N)=O)cccc3n(Cc3ccco3)c2c1. The highest BCUT2D eigenvalue weighted by Crippen LogP contribution is 2.33. The first-order chi connectivity index (χ1) is 12.7. The summed E-state index contributed by atoms with van der Waals surface area (Å²) in [7, 11) is 0.